The Morgan fingerprint density at radius 2 is 2.06 bits per heavy atom. The van der Waals surface area contributed by atoms with Gasteiger partial charge in [-0.25, -0.2) is 0 Å². The number of pyridine rings is 1. The lowest BCUT2D eigenvalue weighted by Crippen LogP contribution is -2.16. The van der Waals surface area contributed by atoms with Crippen LogP contribution in [0.5, 0.6) is 5.75 Å². The predicted molar refractivity (Wildman–Crippen MR) is 69.7 cm³/mol. The topological polar surface area (TPSA) is 48.4 Å². The van der Waals surface area contributed by atoms with Gasteiger partial charge in [0.1, 0.15) is 5.75 Å². The van der Waals surface area contributed by atoms with Crippen molar-refractivity contribution in [2.45, 2.75) is 46.1 Å². The largest absolute Gasteiger partial charge is 0.489 e. The van der Waals surface area contributed by atoms with Gasteiger partial charge in [-0.3, -0.25) is 9.78 Å². The van der Waals surface area contributed by atoms with E-state index in [1.54, 1.807) is 19.3 Å². The molecule has 0 radical (unpaired) electrons. The fraction of sp³-hybridized carbons (Fsp3) is 0.571. The third kappa shape index (κ3) is 4.02. The van der Waals surface area contributed by atoms with Crippen molar-refractivity contribution in [2.75, 3.05) is 6.61 Å². The van der Waals surface area contributed by atoms with E-state index in [1.807, 2.05) is 26.8 Å². The Balaban J connectivity index is 2.88. The number of nitrogens with zero attached hydrogens (tertiary/aromatic N) is 1. The van der Waals surface area contributed by atoms with Crippen molar-refractivity contribution >= 4 is 5.97 Å². The summed E-state index contributed by atoms with van der Waals surface area (Å²) in [4.78, 5) is 15.9. The van der Waals surface area contributed by atoms with Crippen LogP contribution in [-0.2, 0) is 9.53 Å². The van der Waals surface area contributed by atoms with Crippen molar-refractivity contribution in [1.82, 2.24) is 4.98 Å². The van der Waals surface area contributed by atoms with E-state index in [-0.39, 0.29) is 18.0 Å². The molecule has 4 nitrogen and oxygen atoms in total. The molecular weight excluding hydrogens is 230 g/mol. The first-order valence-electron chi connectivity index (χ1n) is 6.36. The van der Waals surface area contributed by atoms with Gasteiger partial charge < -0.3 is 9.47 Å². The van der Waals surface area contributed by atoms with Crippen molar-refractivity contribution in [3.8, 4) is 5.75 Å². The second-order valence-electron chi connectivity index (χ2n) is 4.33. The summed E-state index contributed by atoms with van der Waals surface area (Å²) in [5, 5.41) is 0. The third-order valence-corrected chi connectivity index (χ3v) is 2.49. The Hall–Kier alpha value is -1.58. The molecule has 0 aliphatic carbocycles. The summed E-state index contributed by atoms with van der Waals surface area (Å²) in [5.41, 5.74) is 0.842. The van der Waals surface area contributed by atoms with Crippen molar-refractivity contribution < 1.29 is 14.3 Å². The minimum Gasteiger partial charge on any atom is -0.489 e. The highest BCUT2D eigenvalue weighted by Gasteiger charge is 2.20. The number of carbonyl (C=O) groups excluding carboxylic acids is 1. The molecule has 0 fully saturated rings. The Morgan fingerprint density at radius 3 is 2.61 bits per heavy atom. The molecule has 0 saturated heterocycles. The monoisotopic (exact) mass is 251 g/mol. The van der Waals surface area contributed by atoms with Crippen molar-refractivity contribution in [1.29, 1.82) is 0 Å². The normalized spacial score (nSPS) is 12.3. The molecule has 0 N–H and O–H groups in total. The molecule has 0 saturated carbocycles. The number of rotatable bonds is 6. The van der Waals surface area contributed by atoms with E-state index in [2.05, 4.69) is 4.98 Å². The van der Waals surface area contributed by atoms with E-state index in [0.717, 1.165) is 5.56 Å². The van der Waals surface area contributed by atoms with Gasteiger partial charge in [0.15, 0.2) is 0 Å². The van der Waals surface area contributed by atoms with Gasteiger partial charge in [0.2, 0.25) is 0 Å². The Morgan fingerprint density at radius 1 is 1.33 bits per heavy atom. The summed E-state index contributed by atoms with van der Waals surface area (Å²) >= 11 is 0. The summed E-state index contributed by atoms with van der Waals surface area (Å²) < 4.78 is 10.6. The molecular formula is C14H21NO3. The molecule has 1 atom stereocenters. The average molecular weight is 251 g/mol. The predicted octanol–water partition coefficient (Wildman–Crippen LogP) is 2.93. The van der Waals surface area contributed by atoms with Crippen molar-refractivity contribution in [2.24, 2.45) is 0 Å². The van der Waals surface area contributed by atoms with Crippen LogP contribution < -0.4 is 4.74 Å². The van der Waals surface area contributed by atoms with Crippen LogP contribution in [0.1, 0.15) is 45.6 Å². The standard InChI is InChI=1S/C14H21NO3/c1-5-13(14(16)17-6-2)11-7-12(9-15-8-11)18-10(3)4/h7-10,13H,5-6H2,1-4H3. The molecule has 0 bridgehead atoms. The van der Waals surface area contributed by atoms with E-state index in [0.29, 0.717) is 18.8 Å². The Labute approximate surface area is 108 Å². The minimum absolute atomic E-state index is 0.0877. The quantitative estimate of drug-likeness (QED) is 0.729. The fourth-order valence-electron chi connectivity index (χ4n) is 1.74. The number of hydrogen-bond acceptors (Lipinski definition) is 4. The molecule has 1 heterocycles. The molecule has 0 aliphatic rings. The summed E-state index contributed by atoms with van der Waals surface area (Å²) in [5.74, 6) is 0.210. The lowest BCUT2D eigenvalue weighted by molar-refractivity contribution is -0.145. The highest BCUT2D eigenvalue weighted by molar-refractivity contribution is 5.78. The Bertz CT molecular complexity index is 390. The molecule has 0 spiro atoms. The number of ether oxygens (including phenoxy) is 2. The zero-order valence-electron chi connectivity index (χ0n) is 11.5. The second-order valence-corrected chi connectivity index (χ2v) is 4.33. The molecule has 0 aromatic carbocycles. The number of carbonyl (C=O) groups is 1. The summed E-state index contributed by atoms with van der Waals surface area (Å²) in [7, 11) is 0. The van der Waals surface area contributed by atoms with Gasteiger partial charge in [-0.05, 0) is 38.8 Å². The van der Waals surface area contributed by atoms with Crippen molar-refractivity contribution in [3.05, 3.63) is 24.0 Å². The number of esters is 1. The molecule has 1 unspecified atom stereocenters. The molecule has 18 heavy (non-hydrogen) atoms. The first kappa shape index (κ1) is 14.5. The lowest BCUT2D eigenvalue weighted by Gasteiger charge is -2.15. The van der Waals surface area contributed by atoms with Gasteiger partial charge in [-0.1, -0.05) is 6.92 Å². The smallest absolute Gasteiger partial charge is 0.313 e. The number of hydrogen-bond donors (Lipinski definition) is 0. The van der Waals surface area contributed by atoms with E-state index in [1.165, 1.54) is 0 Å². The summed E-state index contributed by atoms with van der Waals surface area (Å²) in [6.45, 7) is 8.06. The zero-order valence-corrected chi connectivity index (χ0v) is 11.5. The molecule has 0 amide bonds. The van der Waals surface area contributed by atoms with Gasteiger partial charge in [0.25, 0.3) is 0 Å². The first-order valence-corrected chi connectivity index (χ1v) is 6.36. The van der Waals surface area contributed by atoms with Crippen LogP contribution in [0.3, 0.4) is 0 Å². The van der Waals surface area contributed by atoms with E-state index < -0.39 is 0 Å². The van der Waals surface area contributed by atoms with Crippen LogP contribution in [0.4, 0.5) is 0 Å². The summed E-state index contributed by atoms with van der Waals surface area (Å²) in [6.07, 6.45) is 4.12. The molecule has 1 aromatic heterocycles. The first-order chi connectivity index (χ1) is 8.58. The molecule has 0 aliphatic heterocycles. The van der Waals surface area contributed by atoms with Crippen LogP contribution in [0.25, 0.3) is 0 Å². The van der Waals surface area contributed by atoms with E-state index in [4.69, 9.17) is 9.47 Å². The van der Waals surface area contributed by atoms with Gasteiger partial charge in [-0.15, -0.1) is 0 Å². The highest BCUT2D eigenvalue weighted by atomic mass is 16.5. The SMILES string of the molecule is CCOC(=O)C(CC)c1cncc(OC(C)C)c1. The molecule has 1 aromatic rings. The van der Waals surface area contributed by atoms with Crippen LogP contribution in [0.2, 0.25) is 0 Å². The highest BCUT2D eigenvalue weighted by Crippen LogP contribution is 2.24. The van der Waals surface area contributed by atoms with Crippen LogP contribution in [0, 0.1) is 0 Å². The van der Waals surface area contributed by atoms with Crippen LogP contribution in [0.15, 0.2) is 18.5 Å². The van der Waals surface area contributed by atoms with Gasteiger partial charge in [0, 0.05) is 6.20 Å². The minimum atomic E-state index is -0.270. The molecule has 4 heteroatoms. The van der Waals surface area contributed by atoms with Gasteiger partial charge >= 0.3 is 5.97 Å². The van der Waals surface area contributed by atoms with Crippen LogP contribution in [-0.4, -0.2) is 23.7 Å². The maximum absolute atomic E-state index is 11.8. The van der Waals surface area contributed by atoms with E-state index in [9.17, 15) is 4.79 Å². The maximum atomic E-state index is 11.8. The Kier molecular flexibility index (Phi) is 5.62. The number of aromatic nitrogens is 1. The molecule has 100 valence electrons. The third-order valence-electron chi connectivity index (χ3n) is 2.49. The molecule has 1 rings (SSSR count). The van der Waals surface area contributed by atoms with Gasteiger partial charge in [0.05, 0.1) is 24.8 Å². The lowest BCUT2D eigenvalue weighted by atomic mass is 9.98. The second kappa shape index (κ2) is 6.99. The fourth-order valence-corrected chi connectivity index (χ4v) is 1.74. The van der Waals surface area contributed by atoms with Crippen LogP contribution >= 0.6 is 0 Å². The summed E-state index contributed by atoms with van der Waals surface area (Å²) in [6, 6.07) is 1.86. The van der Waals surface area contributed by atoms with Gasteiger partial charge in [-0.2, -0.15) is 0 Å². The maximum Gasteiger partial charge on any atom is 0.313 e. The van der Waals surface area contributed by atoms with E-state index >= 15 is 0 Å². The average Bonchev–Trinajstić information content (AvgIpc) is 2.30. The van der Waals surface area contributed by atoms with Crippen molar-refractivity contribution in [3.63, 3.8) is 0 Å². The zero-order chi connectivity index (χ0) is 13.5.